The van der Waals surface area contributed by atoms with E-state index in [2.05, 4.69) is 5.32 Å². The Labute approximate surface area is 236 Å². The minimum Gasteiger partial charge on any atom is -0.508 e. The average Bonchev–Trinajstić information content (AvgIpc) is 2.97. The fourth-order valence-electron chi connectivity index (χ4n) is 3.85. The molecule has 0 aromatic heterocycles. The van der Waals surface area contributed by atoms with E-state index in [1.54, 1.807) is 30.3 Å². The molecule has 0 saturated heterocycles. The number of benzene rings is 3. The third-order valence-electron chi connectivity index (χ3n) is 5.98. The molecule has 2 atom stereocenters. The van der Waals surface area contributed by atoms with Gasteiger partial charge in [0.2, 0.25) is 5.97 Å². The summed E-state index contributed by atoms with van der Waals surface area (Å²) < 4.78 is 37.7. The number of phenolic OH excluding ortho intramolecular Hbond substituents is 1. The minimum atomic E-state index is -3.39. The maximum absolute atomic E-state index is 14.2. The van der Waals surface area contributed by atoms with Crippen LogP contribution in [0.2, 0.25) is 0 Å². The van der Waals surface area contributed by atoms with E-state index in [4.69, 9.17) is 18.7 Å². The van der Waals surface area contributed by atoms with Gasteiger partial charge in [-0.05, 0) is 55.2 Å². The molecule has 218 valence electrons. The van der Waals surface area contributed by atoms with Crippen LogP contribution in [-0.4, -0.2) is 53.8 Å². The first kappa shape index (κ1) is 31.5. The lowest BCUT2D eigenvalue weighted by atomic mass is 10.2. The molecule has 3 aromatic carbocycles. The van der Waals surface area contributed by atoms with Crippen LogP contribution in [0, 0.1) is 0 Å². The Hall–Kier alpha value is -3.07. The van der Waals surface area contributed by atoms with Crippen molar-refractivity contribution < 1.29 is 38.6 Å². The molecule has 0 aliphatic rings. The Morgan fingerprint density at radius 2 is 1.68 bits per heavy atom. The largest absolute Gasteiger partial charge is 0.508 e. The summed E-state index contributed by atoms with van der Waals surface area (Å²) in [5.41, 5.74) is 1.45. The number of hydrogen-bond donors (Lipinski definition) is 4. The molecular weight excluding hydrogens is 533 g/mol. The maximum Gasteiger partial charge on any atom is 0.257 e. The molecule has 0 aliphatic carbocycles. The lowest BCUT2D eigenvalue weighted by Gasteiger charge is -2.29. The lowest BCUT2D eigenvalue weighted by molar-refractivity contribution is 0.120. The molecule has 0 saturated carbocycles. The van der Waals surface area contributed by atoms with Gasteiger partial charge in [-0.3, -0.25) is 9.88 Å². The number of para-hydroxylation sites is 2. The van der Waals surface area contributed by atoms with Gasteiger partial charge < -0.3 is 34.1 Å². The van der Waals surface area contributed by atoms with Crippen LogP contribution in [0.1, 0.15) is 37.3 Å². The second-order valence-electron chi connectivity index (χ2n) is 9.22. The standard InChI is InChI=1S/C30H40NO8P/c1-2-17-38-40(35,20-9-18-36-23-24-10-4-3-5-11-24)30(39-29-13-7-6-12-28(29)34)31-16-8-19-37-26-14-15-27(33)25(21-26)22-32/h3-7,10-15,21,30-34H,2,8-9,16-20,22-23H2,1H3. The van der Waals surface area contributed by atoms with Crippen LogP contribution in [0.3, 0.4) is 0 Å². The SMILES string of the molecule is CCCOP(=O)(CCCOCc1ccccc1)C(NCCCOc1ccc(O)c(CO)c1)Oc1ccccc1O. The summed E-state index contributed by atoms with van der Waals surface area (Å²) in [7, 11) is -3.39. The summed E-state index contributed by atoms with van der Waals surface area (Å²) in [6.07, 6.45) is 1.98. The van der Waals surface area contributed by atoms with E-state index in [9.17, 15) is 19.9 Å². The smallest absolute Gasteiger partial charge is 0.257 e. The van der Waals surface area contributed by atoms with E-state index >= 15 is 0 Å². The van der Waals surface area contributed by atoms with Gasteiger partial charge in [0.05, 0.1) is 26.4 Å². The molecule has 0 aliphatic heterocycles. The maximum atomic E-state index is 14.2. The molecule has 40 heavy (non-hydrogen) atoms. The van der Waals surface area contributed by atoms with Gasteiger partial charge in [0.15, 0.2) is 11.5 Å². The quantitative estimate of drug-likeness (QED) is 0.0821. The molecule has 4 N–H and O–H groups in total. The van der Waals surface area contributed by atoms with Gasteiger partial charge in [0.1, 0.15) is 11.5 Å². The minimum absolute atomic E-state index is 0.00830. The van der Waals surface area contributed by atoms with Gasteiger partial charge in [-0.2, -0.15) is 0 Å². The van der Waals surface area contributed by atoms with Gasteiger partial charge in [-0.1, -0.05) is 49.4 Å². The highest BCUT2D eigenvalue weighted by Crippen LogP contribution is 2.52. The van der Waals surface area contributed by atoms with Gasteiger partial charge in [0, 0.05) is 24.9 Å². The van der Waals surface area contributed by atoms with Crippen molar-refractivity contribution in [2.24, 2.45) is 0 Å². The molecule has 10 heteroatoms. The van der Waals surface area contributed by atoms with E-state index in [-0.39, 0.29) is 30.0 Å². The van der Waals surface area contributed by atoms with E-state index in [1.807, 2.05) is 37.3 Å². The first-order valence-corrected chi connectivity index (χ1v) is 15.4. The number of hydrogen-bond acceptors (Lipinski definition) is 9. The predicted octanol–water partition coefficient (Wildman–Crippen LogP) is 5.62. The van der Waals surface area contributed by atoms with Crippen LogP contribution in [0.4, 0.5) is 0 Å². The lowest BCUT2D eigenvalue weighted by Crippen LogP contribution is -2.37. The average molecular weight is 574 g/mol. The predicted molar refractivity (Wildman–Crippen MR) is 154 cm³/mol. The van der Waals surface area contributed by atoms with Crippen molar-refractivity contribution in [3.63, 3.8) is 0 Å². The molecule has 3 rings (SSSR count). The van der Waals surface area contributed by atoms with Crippen molar-refractivity contribution in [3.8, 4) is 23.0 Å². The fraction of sp³-hybridized carbons (Fsp3) is 0.400. The normalized spacial score (nSPS) is 13.4. The van der Waals surface area contributed by atoms with Crippen LogP contribution in [0.15, 0.2) is 72.8 Å². The zero-order valence-electron chi connectivity index (χ0n) is 22.9. The Balaban J connectivity index is 1.61. The molecule has 0 amide bonds. The van der Waals surface area contributed by atoms with Crippen LogP contribution in [0.25, 0.3) is 0 Å². The van der Waals surface area contributed by atoms with Gasteiger partial charge in [-0.25, -0.2) is 0 Å². The highest BCUT2D eigenvalue weighted by molar-refractivity contribution is 7.59. The third-order valence-corrected chi connectivity index (χ3v) is 8.54. The zero-order valence-corrected chi connectivity index (χ0v) is 23.8. The van der Waals surface area contributed by atoms with Gasteiger partial charge in [0.25, 0.3) is 7.37 Å². The van der Waals surface area contributed by atoms with E-state index in [0.29, 0.717) is 63.5 Å². The zero-order chi connectivity index (χ0) is 28.6. The molecule has 0 bridgehead atoms. The first-order chi connectivity index (χ1) is 19.4. The number of rotatable bonds is 19. The van der Waals surface area contributed by atoms with Crippen LogP contribution in [0.5, 0.6) is 23.0 Å². The van der Waals surface area contributed by atoms with Gasteiger partial charge in [-0.15, -0.1) is 0 Å². The summed E-state index contributed by atoms with van der Waals surface area (Å²) in [6.45, 7) is 3.57. The Morgan fingerprint density at radius 3 is 2.42 bits per heavy atom. The van der Waals surface area contributed by atoms with E-state index in [1.165, 1.54) is 12.1 Å². The molecule has 0 radical (unpaired) electrons. The summed E-state index contributed by atoms with van der Waals surface area (Å²) in [4.78, 5) is 0. The number of aliphatic hydroxyl groups excluding tert-OH is 1. The Bertz CT molecular complexity index is 1190. The second kappa shape index (κ2) is 16.9. The summed E-state index contributed by atoms with van der Waals surface area (Å²) in [5, 5.41) is 32.6. The number of ether oxygens (including phenoxy) is 3. The molecule has 2 unspecified atom stereocenters. The number of aliphatic hydroxyl groups is 1. The highest BCUT2D eigenvalue weighted by atomic mass is 31.2. The van der Waals surface area contributed by atoms with Crippen LogP contribution in [-0.2, 0) is 27.0 Å². The van der Waals surface area contributed by atoms with Gasteiger partial charge >= 0.3 is 0 Å². The first-order valence-electron chi connectivity index (χ1n) is 13.5. The topological polar surface area (TPSA) is 127 Å². The van der Waals surface area contributed by atoms with Crippen molar-refractivity contribution in [3.05, 3.63) is 83.9 Å². The summed E-state index contributed by atoms with van der Waals surface area (Å²) in [6, 6.07) is 21.1. The molecule has 3 aromatic rings. The molecule has 0 heterocycles. The van der Waals surface area contributed by atoms with Crippen molar-refractivity contribution in [1.29, 1.82) is 0 Å². The number of phenols is 2. The van der Waals surface area contributed by atoms with Crippen molar-refractivity contribution in [2.75, 3.05) is 32.5 Å². The van der Waals surface area contributed by atoms with Crippen LogP contribution < -0.4 is 14.8 Å². The van der Waals surface area contributed by atoms with Crippen molar-refractivity contribution >= 4 is 7.37 Å². The Kier molecular flexibility index (Phi) is 13.3. The summed E-state index contributed by atoms with van der Waals surface area (Å²) in [5.74, 6) is -0.308. The number of nitrogens with one attached hydrogen (secondary N) is 1. The monoisotopic (exact) mass is 573 g/mol. The van der Waals surface area contributed by atoms with E-state index in [0.717, 1.165) is 5.56 Å². The van der Waals surface area contributed by atoms with Crippen molar-refractivity contribution in [2.45, 2.75) is 45.4 Å². The molecule has 0 fully saturated rings. The molecule has 0 spiro atoms. The number of aromatic hydroxyl groups is 2. The highest BCUT2D eigenvalue weighted by Gasteiger charge is 2.36. The summed E-state index contributed by atoms with van der Waals surface area (Å²) >= 11 is 0. The molecule has 9 nitrogen and oxygen atoms in total. The Morgan fingerprint density at radius 1 is 0.900 bits per heavy atom. The second-order valence-corrected chi connectivity index (χ2v) is 11.8. The molecular formula is C30H40NO8P. The van der Waals surface area contributed by atoms with E-state index < -0.39 is 13.3 Å². The third kappa shape index (κ3) is 10.2. The van der Waals surface area contributed by atoms with Crippen LogP contribution >= 0.6 is 7.37 Å². The fourth-order valence-corrected chi connectivity index (χ4v) is 6.09. The van der Waals surface area contributed by atoms with Crippen molar-refractivity contribution in [1.82, 2.24) is 5.32 Å².